The first-order chi connectivity index (χ1) is 7.58. The number of nitrogens with one attached hydrogen (secondary N) is 1. The minimum atomic E-state index is -0.451. The van der Waals surface area contributed by atoms with Crippen LogP contribution in [0.4, 0.5) is 8.78 Å². The maximum atomic E-state index is 13.5. The number of hydrogen-bond acceptors (Lipinski definition) is 2. The van der Waals surface area contributed by atoms with Crippen molar-refractivity contribution in [3.05, 3.63) is 35.4 Å². The molecule has 2 atom stereocenters. The Morgan fingerprint density at radius 2 is 2.06 bits per heavy atom. The molecule has 1 unspecified atom stereocenters. The molecule has 0 aliphatic heterocycles. The van der Waals surface area contributed by atoms with E-state index in [1.165, 1.54) is 6.07 Å². The second kappa shape index (κ2) is 5.92. The van der Waals surface area contributed by atoms with Gasteiger partial charge in [-0.15, -0.1) is 0 Å². The lowest BCUT2D eigenvalue weighted by Crippen LogP contribution is -2.33. The summed E-state index contributed by atoms with van der Waals surface area (Å²) in [7, 11) is 0. The SMILES string of the molecule is CCC(N[C@H](C)CO)c1cc(F)ccc1F. The molecule has 0 saturated heterocycles. The Balaban J connectivity index is 2.89. The van der Waals surface area contributed by atoms with Crippen LogP contribution >= 0.6 is 0 Å². The van der Waals surface area contributed by atoms with Crippen LogP contribution in [0.3, 0.4) is 0 Å². The molecule has 0 bridgehead atoms. The number of hydrogen-bond donors (Lipinski definition) is 2. The number of halogens is 2. The van der Waals surface area contributed by atoms with Crippen LogP contribution in [0.25, 0.3) is 0 Å². The van der Waals surface area contributed by atoms with Crippen molar-refractivity contribution < 1.29 is 13.9 Å². The molecule has 0 fully saturated rings. The van der Waals surface area contributed by atoms with Gasteiger partial charge >= 0.3 is 0 Å². The summed E-state index contributed by atoms with van der Waals surface area (Å²) in [5, 5.41) is 12.0. The number of aliphatic hydroxyl groups excluding tert-OH is 1. The van der Waals surface area contributed by atoms with E-state index in [1.54, 1.807) is 6.92 Å². The molecule has 0 spiro atoms. The first kappa shape index (κ1) is 13.1. The third-order valence-corrected chi connectivity index (χ3v) is 2.50. The van der Waals surface area contributed by atoms with E-state index in [9.17, 15) is 8.78 Å². The highest BCUT2D eigenvalue weighted by Crippen LogP contribution is 2.21. The molecule has 0 aliphatic rings. The van der Waals surface area contributed by atoms with Crippen LogP contribution in [0.5, 0.6) is 0 Å². The van der Waals surface area contributed by atoms with Crippen LogP contribution in [0.1, 0.15) is 31.9 Å². The molecule has 2 N–H and O–H groups in total. The average Bonchev–Trinajstić information content (AvgIpc) is 2.29. The van der Waals surface area contributed by atoms with E-state index in [0.29, 0.717) is 12.0 Å². The van der Waals surface area contributed by atoms with E-state index >= 15 is 0 Å². The van der Waals surface area contributed by atoms with Gasteiger partial charge in [0.25, 0.3) is 0 Å². The number of aliphatic hydroxyl groups is 1. The van der Waals surface area contributed by atoms with Crippen molar-refractivity contribution in [2.45, 2.75) is 32.4 Å². The topological polar surface area (TPSA) is 32.3 Å². The van der Waals surface area contributed by atoms with Crippen molar-refractivity contribution in [1.29, 1.82) is 0 Å². The van der Waals surface area contributed by atoms with Crippen molar-refractivity contribution in [3.8, 4) is 0 Å². The molecule has 16 heavy (non-hydrogen) atoms. The highest BCUT2D eigenvalue weighted by atomic mass is 19.1. The van der Waals surface area contributed by atoms with Gasteiger partial charge in [-0.25, -0.2) is 8.78 Å². The van der Waals surface area contributed by atoms with Crippen LogP contribution in [-0.4, -0.2) is 17.8 Å². The predicted octanol–water partition coefficient (Wildman–Crippen LogP) is 2.39. The van der Waals surface area contributed by atoms with Gasteiger partial charge in [-0.2, -0.15) is 0 Å². The Morgan fingerprint density at radius 3 is 2.62 bits per heavy atom. The van der Waals surface area contributed by atoms with Gasteiger partial charge < -0.3 is 10.4 Å². The van der Waals surface area contributed by atoms with Gasteiger partial charge in [0.2, 0.25) is 0 Å². The summed E-state index contributed by atoms with van der Waals surface area (Å²) in [4.78, 5) is 0. The number of rotatable bonds is 5. The van der Waals surface area contributed by atoms with Crippen LogP contribution in [-0.2, 0) is 0 Å². The van der Waals surface area contributed by atoms with Crippen LogP contribution in [0.2, 0.25) is 0 Å². The molecule has 0 saturated carbocycles. The van der Waals surface area contributed by atoms with Crippen molar-refractivity contribution in [2.24, 2.45) is 0 Å². The molecule has 90 valence electrons. The van der Waals surface area contributed by atoms with Crippen LogP contribution < -0.4 is 5.32 Å². The summed E-state index contributed by atoms with van der Waals surface area (Å²) in [6.07, 6.45) is 0.630. The van der Waals surface area contributed by atoms with E-state index in [-0.39, 0.29) is 18.7 Å². The Labute approximate surface area is 94.3 Å². The second-order valence-electron chi connectivity index (χ2n) is 3.88. The molecule has 1 aromatic carbocycles. The molecule has 0 amide bonds. The maximum absolute atomic E-state index is 13.5. The molecule has 0 aromatic heterocycles. The molecular weight excluding hydrogens is 212 g/mol. The molecule has 0 heterocycles. The summed E-state index contributed by atoms with van der Waals surface area (Å²) in [5.41, 5.74) is 0.308. The zero-order chi connectivity index (χ0) is 12.1. The third kappa shape index (κ3) is 3.25. The minimum Gasteiger partial charge on any atom is -0.395 e. The van der Waals surface area contributed by atoms with E-state index < -0.39 is 11.6 Å². The molecule has 2 nitrogen and oxygen atoms in total. The molecule has 0 radical (unpaired) electrons. The van der Waals surface area contributed by atoms with Gasteiger partial charge in [-0.1, -0.05) is 6.92 Å². The molecule has 4 heteroatoms. The largest absolute Gasteiger partial charge is 0.395 e. The number of benzene rings is 1. The van der Waals surface area contributed by atoms with E-state index in [1.807, 2.05) is 6.92 Å². The summed E-state index contributed by atoms with van der Waals surface area (Å²) >= 11 is 0. The van der Waals surface area contributed by atoms with Gasteiger partial charge in [-0.3, -0.25) is 0 Å². The monoisotopic (exact) mass is 229 g/mol. The zero-order valence-electron chi connectivity index (χ0n) is 9.50. The Kier molecular flexibility index (Phi) is 4.83. The molecule has 1 rings (SSSR count). The molecular formula is C12H17F2NO. The smallest absolute Gasteiger partial charge is 0.128 e. The van der Waals surface area contributed by atoms with E-state index in [0.717, 1.165) is 12.1 Å². The Bertz CT molecular complexity index is 344. The standard InChI is InChI=1S/C12H17F2NO/c1-3-12(15-8(2)7-16)10-6-9(13)4-5-11(10)14/h4-6,8,12,15-16H,3,7H2,1-2H3/t8-,12?/m1/s1. The van der Waals surface area contributed by atoms with E-state index in [4.69, 9.17) is 5.11 Å². The van der Waals surface area contributed by atoms with Gasteiger partial charge in [-0.05, 0) is 31.5 Å². The van der Waals surface area contributed by atoms with Crippen molar-refractivity contribution in [3.63, 3.8) is 0 Å². The lowest BCUT2D eigenvalue weighted by molar-refractivity contribution is 0.238. The summed E-state index contributed by atoms with van der Waals surface area (Å²) in [6, 6.07) is 2.99. The van der Waals surface area contributed by atoms with Crippen molar-refractivity contribution >= 4 is 0 Å². The van der Waals surface area contributed by atoms with Gasteiger partial charge in [0, 0.05) is 17.6 Å². The molecule has 1 aromatic rings. The second-order valence-corrected chi connectivity index (χ2v) is 3.88. The van der Waals surface area contributed by atoms with Crippen molar-refractivity contribution in [2.75, 3.05) is 6.61 Å². The molecule has 0 aliphatic carbocycles. The lowest BCUT2D eigenvalue weighted by atomic mass is 10.0. The average molecular weight is 229 g/mol. The quantitative estimate of drug-likeness (QED) is 0.812. The highest BCUT2D eigenvalue weighted by molar-refractivity contribution is 5.22. The minimum absolute atomic E-state index is 0.0343. The van der Waals surface area contributed by atoms with E-state index in [2.05, 4.69) is 5.32 Å². The highest BCUT2D eigenvalue weighted by Gasteiger charge is 2.16. The first-order valence-electron chi connectivity index (χ1n) is 5.40. The van der Waals surface area contributed by atoms with Crippen molar-refractivity contribution in [1.82, 2.24) is 5.32 Å². The fourth-order valence-electron chi connectivity index (χ4n) is 1.61. The zero-order valence-corrected chi connectivity index (χ0v) is 9.50. The summed E-state index contributed by atoms with van der Waals surface area (Å²) < 4.78 is 26.5. The fraction of sp³-hybridized carbons (Fsp3) is 0.500. The normalized spacial score (nSPS) is 14.8. The van der Waals surface area contributed by atoms with Gasteiger partial charge in [0.1, 0.15) is 11.6 Å². The van der Waals surface area contributed by atoms with Crippen LogP contribution in [0, 0.1) is 11.6 Å². The van der Waals surface area contributed by atoms with Gasteiger partial charge in [0.15, 0.2) is 0 Å². The third-order valence-electron chi connectivity index (χ3n) is 2.50. The summed E-state index contributed by atoms with van der Waals surface area (Å²) in [6.45, 7) is 3.64. The van der Waals surface area contributed by atoms with Gasteiger partial charge in [0.05, 0.1) is 6.61 Å². The first-order valence-corrected chi connectivity index (χ1v) is 5.40. The Hall–Kier alpha value is -1.00. The van der Waals surface area contributed by atoms with Crippen LogP contribution in [0.15, 0.2) is 18.2 Å². The summed E-state index contributed by atoms with van der Waals surface area (Å²) in [5.74, 6) is -0.876. The fourth-order valence-corrected chi connectivity index (χ4v) is 1.61. The Morgan fingerprint density at radius 1 is 1.38 bits per heavy atom. The maximum Gasteiger partial charge on any atom is 0.128 e. The predicted molar refractivity (Wildman–Crippen MR) is 59.1 cm³/mol. The lowest BCUT2D eigenvalue weighted by Gasteiger charge is -2.21.